The SMILES string of the molecule is CCOC(=O)c1c(-c2ccc(Cl)cc2)csc1NC(=O)CCCOc1ccccc1OC. The van der Waals surface area contributed by atoms with Gasteiger partial charge in [-0.05, 0) is 43.2 Å². The maximum atomic E-state index is 12.6. The zero-order valence-electron chi connectivity index (χ0n) is 17.9. The second-order valence-corrected chi connectivity index (χ2v) is 8.05. The van der Waals surface area contributed by atoms with E-state index in [4.69, 9.17) is 25.8 Å². The zero-order valence-corrected chi connectivity index (χ0v) is 19.4. The summed E-state index contributed by atoms with van der Waals surface area (Å²) in [4.78, 5) is 25.1. The van der Waals surface area contributed by atoms with Crippen molar-refractivity contribution in [3.8, 4) is 22.6 Å². The number of thiophene rings is 1. The Morgan fingerprint density at radius 1 is 1.06 bits per heavy atom. The van der Waals surface area contributed by atoms with E-state index < -0.39 is 5.97 Å². The predicted molar refractivity (Wildman–Crippen MR) is 127 cm³/mol. The van der Waals surface area contributed by atoms with Crippen LogP contribution in [-0.4, -0.2) is 32.2 Å². The number of ether oxygens (including phenoxy) is 3. The number of hydrogen-bond donors (Lipinski definition) is 1. The van der Waals surface area contributed by atoms with E-state index in [2.05, 4.69) is 5.32 Å². The van der Waals surface area contributed by atoms with E-state index in [1.54, 1.807) is 26.2 Å². The van der Waals surface area contributed by atoms with Crippen molar-refractivity contribution >= 4 is 39.8 Å². The van der Waals surface area contributed by atoms with Crippen molar-refractivity contribution in [3.05, 3.63) is 64.5 Å². The van der Waals surface area contributed by atoms with Gasteiger partial charge in [0, 0.05) is 22.4 Å². The van der Waals surface area contributed by atoms with E-state index in [1.807, 2.05) is 41.8 Å². The molecule has 0 saturated heterocycles. The van der Waals surface area contributed by atoms with E-state index in [-0.39, 0.29) is 18.9 Å². The summed E-state index contributed by atoms with van der Waals surface area (Å²) in [5.41, 5.74) is 1.86. The molecule has 32 heavy (non-hydrogen) atoms. The molecule has 2 aromatic carbocycles. The van der Waals surface area contributed by atoms with Crippen LogP contribution in [0.3, 0.4) is 0 Å². The Kier molecular flexibility index (Phi) is 8.53. The lowest BCUT2D eigenvalue weighted by Gasteiger charge is -2.11. The molecule has 0 atom stereocenters. The third-order valence-corrected chi connectivity index (χ3v) is 5.70. The van der Waals surface area contributed by atoms with Gasteiger partial charge in [-0.2, -0.15) is 0 Å². The van der Waals surface area contributed by atoms with E-state index >= 15 is 0 Å². The molecule has 0 aliphatic heterocycles. The van der Waals surface area contributed by atoms with Crippen LogP contribution in [0.15, 0.2) is 53.9 Å². The fourth-order valence-electron chi connectivity index (χ4n) is 3.04. The van der Waals surface area contributed by atoms with E-state index in [1.165, 1.54) is 11.3 Å². The molecule has 0 radical (unpaired) electrons. The van der Waals surface area contributed by atoms with E-state index in [0.29, 0.717) is 45.7 Å². The highest BCUT2D eigenvalue weighted by Crippen LogP contribution is 2.36. The first-order valence-corrected chi connectivity index (χ1v) is 11.4. The minimum Gasteiger partial charge on any atom is -0.493 e. The summed E-state index contributed by atoms with van der Waals surface area (Å²) in [5, 5.41) is 5.74. The molecule has 3 aromatic rings. The molecule has 0 aliphatic rings. The van der Waals surface area contributed by atoms with Crippen molar-refractivity contribution in [3.63, 3.8) is 0 Å². The van der Waals surface area contributed by atoms with Crippen molar-refractivity contribution in [2.24, 2.45) is 0 Å². The summed E-state index contributed by atoms with van der Waals surface area (Å²) >= 11 is 7.26. The number of benzene rings is 2. The number of para-hydroxylation sites is 2. The molecule has 1 aromatic heterocycles. The third kappa shape index (κ3) is 6.02. The maximum Gasteiger partial charge on any atom is 0.341 e. The number of rotatable bonds is 10. The van der Waals surface area contributed by atoms with Crippen LogP contribution < -0.4 is 14.8 Å². The van der Waals surface area contributed by atoms with Gasteiger partial charge in [0.1, 0.15) is 10.6 Å². The maximum absolute atomic E-state index is 12.6. The van der Waals surface area contributed by atoms with Crippen LogP contribution >= 0.6 is 22.9 Å². The quantitative estimate of drug-likeness (QED) is 0.286. The molecule has 3 rings (SSSR count). The summed E-state index contributed by atoms with van der Waals surface area (Å²) in [6.07, 6.45) is 0.750. The molecule has 0 aliphatic carbocycles. The molecule has 1 amide bonds. The van der Waals surface area contributed by atoms with E-state index in [9.17, 15) is 9.59 Å². The average Bonchev–Trinajstić information content (AvgIpc) is 3.21. The number of methoxy groups -OCH3 is 1. The molecular weight excluding hydrogens is 450 g/mol. The lowest BCUT2D eigenvalue weighted by Crippen LogP contribution is -2.15. The van der Waals surface area contributed by atoms with Gasteiger partial charge in [-0.3, -0.25) is 4.79 Å². The smallest absolute Gasteiger partial charge is 0.341 e. The summed E-state index contributed by atoms with van der Waals surface area (Å²) in [7, 11) is 1.58. The highest BCUT2D eigenvalue weighted by Gasteiger charge is 2.22. The summed E-state index contributed by atoms with van der Waals surface area (Å²) < 4.78 is 16.2. The number of hydrogen-bond acceptors (Lipinski definition) is 6. The van der Waals surface area contributed by atoms with Gasteiger partial charge in [-0.15, -0.1) is 11.3 Å². The minimum atomic E-state index is -0.478. The zero-order chi connectivity index (χ0) is 22.9. The molecule has 0 fully saturated rings. The van der Waals surface area contributed by atoms with Crippen LogP contribution in [0.5, 0.6) is 11.5 Å². The predicted octanol–water partition coefficient (Wildman–Crippen LogP) is 6.05. The Morgan fingerprint density at radius 2 is 1.78 bits per heavy atom. The summed E-state index contributed by atoms with van der Waals surface area (Å²) in [6.45, 7) is 2.34. The van der Waals surface area contributed by atoms with Crippen molar-refractivity contribution in [2.45, 2.75) is 19.8 Å². The van der Waals surface area contributed by atoms with Gasteiger partial charge >= 0.3 is 5.97 Å². The highest BCUT2D eigenvalue weighted by atomic mass is 35.5. The number of carbonyl (C=O) groups is 2. The Morgan fingerprint density at radius 3 is 2.47 bits per heavy atom. The molecule has 1 N–H and O–H groups in total. The monoisotopic (exact) mass is 473 g/mol. The van der Waals surface area contributed by atoms with E-state index in [0.717, 1.165) is 5.56 Å². The van der Waals surface area contributed by atoms with Crippen molar-refractivity contribution < 1.29 is 23.8 Å². The molecule has 0 spiro atoms. The Labute approximate surface area is 196 Å². The number of halogens is 1. The largest absolute Gasteiger partial charge is 0.493 e. The third-order valence-electron chi connectivity index (χ3n) is 4.55. The first-order chi connectivity index (χ1) is 15.5. The fraction of sp³-hybridized carbons (Fsp3) is 0.250. The molecule has 1 heterocycles. The van der Waals surface area contributed by atoms with Crippen LogP contribution in [0, 0.1) is 0 Å². The number of nitrogens with one attached hydrogen (secondary N) is 1. The van der Waals surface area contributed by atoms with Gasteiger partial charge in [0.15, 0.2) is 11.5 Å². The summed E-state index contributed by atoms with van der Waals surface area (Å²) in [5.74, 6) is 0.590. The standard InChI is InChI=1S/C24H24ClNO5S/c1-3-30-24(28)22-18(16-10-12-17(25)13-11-16)15-32-23(22)26-21(27)9-6-14-31-20-8-5-4-7-19(20)29-2/h4-5,7-8,10-13,15H,3,6,9,14H2,1-2H3,(H,26,27). The normalized spacial score (nSPS) is 10.5. The Balaban J connectivity index is 1.65. The number of anilines is 1. The molecule has 8 heteroatoms. The molecule has 0 saturated carbocycles. The molecule has 0 unspecified atom stereocenters. The Hall–Kier alpha value is -3.03. The van der Waals surface area contributed by atoms with Crippen molar-refractivity contribution in [1.82, 2.24) is 0 Å². The highest BCUT2D eigenvalue weighted by molar-refractivity contribution is 7.15. The lowest BCUT2D eigenvalue weighted by atomic mass is 10.0. The second-order valence-electron chi connectivity index (χ2n) is 6.73. The van der Waals surface area contributed by atoms with Gasteiger partial charge in [-0.1, -0.05) is 35.9 Å². The average molecular weight is 474 g/mol. The Bertz CT molecular complexity index is 1060. The minimum absolute atomic E-state index is 0.205. The van der Waals surface area contributed by atoms with Crippen molar-refractivity contribution in [2.75, 3.05) is 25.6 Å². The van der Waals surface area contributed by atoms with Crippen LogP contribution in [0.4, 0.5) is 5.00 Å². The fourth-order valence-corrected chi connectivity index (χ4v) is 4.14. The van der Waals surface area contributed by atoms with Crippen LogP contribution in [0.25, 0.3) is 11.1 Å². The number of esters is 1. The van der Waals surface area contributed by atoms with Crippen molar-refractivity contribution in [1.29, 1.82) is 0 Å². The molecule has 0 bridgehead atoms. The first kappa shape index (κ1) is 23.6. The number of amides is 1. The number of carbonyl (C=O) groups excluding carboxylic acids is 2. The van der Waals surface area contributed by atoms with Crippen LogP contribution in [-0.2, 0) is 9.53 Å². The van der Waals surface area contributed by atoms with Gasteiger partial charge in [0.2, 0.25) is 5.91 Å². The lowest BCUT2D eigenvalue weighted by molar-refractivity contribution is -0.116. The van der Waals surface area contributed by atoms with Crippen LogP contribution in [0.2, 0.25) is 5.02 Å². The van der Waals surface area contributed by atoms with Gasteiger partial charge < -0.3 is 19.5 Å². The first-order valence-electron chi connectivity index (χ1n) is 10.1. The molecule has 6 nitrogen and oxygen atoms in total. The van der Waals surface area contributed by atoms with Gasteiger partial charge in [-0.25, -0.2) is 4.79 Å². The second kappa shape index (κ2) is 11.5. The van der Waals surface area contributed by atoms with Gasteiger partial charge in [0.05, 0.1) is 20.3 Å². The molecule has 168 valence electrons. The summed E-state index contributed by atoms with van der Waals surface area (Å²) in [6, 6.07) is 14.5. The molecular formula is C24H24ClNO5S. The van der Waals surface area contributed by atoms with Gasteiger partial charge in [0.25, 0.3) is 0 Å². The van der Waals surface area contributed by atoms with Crippen LogP contribution in [0.1, 0.15) is 30.1 Å². The topological polar surface area (TPSA) is 73.9 Å².